The van der Waals surface area contributed by atoms with Gasteiger partial charge in [0.2, 0.25) is 5.75 Å². The number of allylic oxidation sites excluding steroid dienone is 1. The molecule has 0 atom stereocenters. The first kappa shape index (κ1) is 22.6. The normalized spacial score (nSPS) is 11.3. The number of nitriles is 1. The van der Waals surface area contributed by atoms with E-state index < -0.39 is 4.92 Å². The maximum absolute atomic E-state index is 11.9. The van der Waals surface area contributed by atoms with Crippen LogP contribution in [0.4, 0.5) is 5.69 Å². The summed E-state index contributed by atoms with van der Waals surface area (Å²) in [6.07, 6.45) is 1.56. The van der Waals surface area contributed by atoms with Crippen LogP contribution in [0.3, 0.4) is 0 Å². The zero-order chi connectivity index (χ0) is 24.2. The van der Waals surface area contributed by atoms with Gasteiger partial charge >= 0.3 is 5.69 Å². The highest BCUT2D eigenvalue weighted by Crippen LogP contribution is 2.40. The second-order valence-corrected chi connectivity index (χ2v) is 7.70. The van der Waals surface area contributed by atoms with Crippen LogP contribution in [-0.2, 0) is 13.7 Å². The zero-order valence-electron chi connectivity index (χ0n) is 19.0. The molecule has 0 saturated heterocycles. The SMILES string of the molecule is COc1cc(/C=C(/C#N)c2nc3ccccc3n2C)cc([N+](=O)[O-])c1OCc1ccccc1C. The molecule has 0 radical (unpaired) electrons. The van der Waals surface area contributed by atoms with Gasteiger partial charge in [-0.05, 0) is 47.9 Å². The molecule has 1 aromatic heterocycles. The second kappa shape index (κ2) is 9.46. The molecular weight excluding hydrogens is 432 g/mol. The first-order chi connectivity index (χ1) is 16.4. The van der Waals surface area contributed by atoms with Crippen molar-refractivity contribution in [2.24, 2.45) is 7.05 Å². The minimum atomic E-state index is -0.520. The van der Waals surface area contributed by atoms with E-state index in [-0.39, 0.29) is 29.4 Å². The molecule has 3 aromatic carbocycles. The van der Waals surface area contributed by atoms with Crippen molar-refractivity contribution in [1.82, 2.24) is 9.55 Å². The predicted octanol–water partition coefficient (Wildman–Crippen LogP) is 5.44. The van der Waals surface area contributed by atoms with Crippen molar-refractivity contribution >= 4 is 28.4 Å². The molecular formula is C26H22N4O4. The fourth-order valence-corrected chi connectivity index (χ4v) is 3.75. The Labute approximate surface area is 196 Å². The summed E-state index contributed by atoms with van der Waals surface area (Å²) in [6, 6.07) is 20.3. The van der Waals surface area contributed by atoms with Crippen LogP contribution >= 0.6 is 0 Å². The Morgan fingerprint density at radius 2 is 1.94 bits per heavy atom. The number of para-hydroxylation sites is 2. The third-order valence-electron chi connectivity index (χ3n) is 5.57. The largest absolute Gasteiger partial charge is 0.493 e. The molecule has 0 amide bonds. The Morgan fingerprint density at radius 1 is 1.21 bits per heavy atom. The molecule has 170 valence electrons. The van der Waals surface area contributed by atoms with E-state index in [9.17, 15) is 15.4 Å². The molecule has 1 heterocycles. The summed E-state index contributed by atoms with van der Waals surface area (Å²) in [5.74, 6) is 0.704. The van der Waals surface area contributed by atoms with Crippen molar-refractivity contribution in [3.05, 3.63) is 93.3 Å². The number of aromatic nitrogens is 2. The van der Waals surface area contributed by atoms with Gasteiger partial charge in [-0.15, -0.1) is 0 Å². The lowest BCUT2D eigenvalue weighted by Crippen LogP contribution is -2.03. The quantitative estimate of drug-likeness (QED) is 0.209. The van der Waals surface area contributed by atoms with E-state index in [0.717, 1.165) is 22.2 Å². The van der Waals surface area contributed by atoms with Crippen molar-refractivity contribution in [3.63, 3.8) is 0 Å². The van der Waals surface area contributed by atoms with Gasteiger partial charge in [-0.1, -0.05) is 36.4 Å². The Balaban J connectivity index is 1.76. The summed E-state index contributed by atoms with van der Waals surface area (Å²) in [5.41, 5.74) is 4.01. The van der Waals surface area contributed by atoms with Gasteiger partial charge < -0.3 is 14.0 Å². The molecule has 8 nitrogen and oxygen atoms in total. The number of ether oxygens (including phenoxy) is 2. The summed E-state index contributed by atoms with van der Waals surface area (Å²) in [6.45, 7) is 2.10. The average Bonchev–Trinajstić information content (AvgIpc) is 3.18. The van der Waals surface area contributed by atoms with E-state index in [1.807, 2.05) is 67.1 Å². The third kappa shape index (κ3) is 4.32. The molecule has 8 heteroatoms. The van der Waals surface area contributed by atoms with E-state index in [0.29, 0.717) is 11.4 Å². The van der Waals surface area contributed by atoms with Crippen LogP contribution in [0.15, 0.2) is 60.7 Å². The van der Waals surface area contributed by atoms with Gasteiger partial charge in [0.1, 0.15) is 12.7 Å². The van der Waals surface area contributed by atoms with Crippen molar-refractivity contribution < 1.29 is 14.4 Å². The number of hydrogen-bond acceptors (Lipinski definition) is 6. The third-order valence-corrected chi connectivity index (χ3v) is 5.57. The first-order valence-corrected chi connectivity index (χ1v) is 10.5. The molecule has 0 unspecified atom stereocenters. The number of methoxy groups -OCH3 is 1. The fourth-order valence-electron chi connectivity index (χ4n) is 3.75. The lowest BCUT2D eigenvalue weighted by molar-refractivity contribution is -0.386. The number of nitro benzene ring substituents is 1. The van der Waals surface area contributed by atoms with Gasteiger partial charge in [-0.3, -0.25) is 10.1 Å². The molecule has 0 spiro atoms. The summed E-state index contributed by atoms with van der Waals surface area (Å²) in [7, 11) is 3.24. The van der Waals surface area contributed by atoms with E-state index in [2.05, 4.69) is 11.1 Å². The molecule has 0 aliphatic carbocycles. The number of nitro groups is 1. The maximum Gasteiger partial charge on any atom is 0.315 e. The summed E-state index contributed by atoms with van der Waals surface area (Å²) < 4.78 is 13.1. The maximum atomic E-state index is 11.9. The van der Waals surface area contributed by atoms with Crippen LogP contribution in [0, 0.1) is 28.4 Å². The van der Waals surface area contributed by atoms with E-state index in [1.165, 1.54) is 13.2 Å². The molecule has 0 fully saturated rings. The first-order valence-electron chi connectivity index (χ1n) is 10.5. The topological polar surface area (TPSA) is 103 Å². The predicted molar refractivity (Wildman–Crippen MR) is 129 cm³/mol. The minimum Gasteiger partial charge on any atom is -0.493 e. The molecule has 0 aliphatic rings. The molecule has 34 heavy (non-hydrogen) atoms. The van der Waals surface area contributed by atoms with Crippen molar-refractivity contribution in [1.29, 1.82) is 5.26 Å². The lowest BCUT2D eigenvalue weighted by Gasteiger charge is -2.13. The Bertz CT molecular complexity index is 1460. The van der Waals surface area contributed by atoms with Gasteiger partial charge in [0.15, 0.2) is 11.6 Å². The van der Waals surface area contributed by atoms with Crippen LogP contribution < -0.4 is 9.47 Å². The van der Waals surface area contributed by atoms with Crippen LogP contribution in [0.5, 0.6) is 11.5 Å². The Kier molecular flexibility index (Phi) is 6.28. The summed E-state index contributed by atoms with van der Waals surface area (Å²) in [4.78, 5) is 15.9. The van der Waals surface area contributed by atoms with Gasteiger partial charge in [-0.25, -0.2) is 4.98 Å². The van der Waals surface area contributed by atoms with E-state index in [1.54, 1.807) is 12.1 Å². The van der Waals surface area contributed by atoms with Crippen molar-refractivity contribution in [3.8, 4) is 17.6 Å². The molecule has 0 saturated carbocycles. The van der Waals surface area contributed by atoms with Gasteiger partial charge in [0.05, 0.1) is 28.6 Å². The molecule has 4 rings (SSSR count). The number of benzene rings is 3. The van der Waals surface area contributed by atoms with Gasteiger partial charge in [0, 0.05) is 13.1 Å². The zero-order valence-corrected chi connectivity index (χ0v) is 19.0. The van der Waals surface area contributed by atoms with Crippen molar-refractivity contribution in [2.75, 3.05) is 7.11 Å². The average molecular weight is 454 g/mol. The number of nitrogens with zero attached hydrogens (tertiary/aromatic N) is 4. The van der Waals surface area contributed by atoms with Crippen molar-refractivity contribution in [2.45, 2.75) is 13.5 Å². The van der Waals surface area contributed by atoms with Crippen LogP contribution in [0.2, 0.25) is 0 Å². The summed E-state index contributed by atoms with van der Waals surface area (Å²) in [5, 5.41) is 21.7. The minimum absolute atomic E-state index is 0.0362. The summed E-state index contributed by atoms with van der Waals surface area (Å²) >= 11 is 0. The van der Waals surface area contributed by atoms with E-state index >= 15 is 0 Å². The molecule has 4 aromatic rings. The Morgan fingerprint density at radius 3 is 2.62 bits per heavy atom. The van der Waals surface area contributed by atoms with Crippen LogP contribution in [0.25, 0.3) is 22.7 Å². The monoisotopic (exact) mass is 454 g/mol. The second-order valence-electron chi connectivity index (χ2n) is 7.70. The number of aryl methyl sites for hydroxylation is 2. The number of fused-ring (bicyclic) bond motifs is 1. The standard InChI is InChI=1S/C26H22N4O4/c1-17-8-4-5-9-19(17)16-34-25-23(30(31)32)13-18(14-24(25)33-3)12-20(15-27)26-28-21-10-6-7-11-22(21)29(26)2/h4-14H,16H2,1-3H3/b20-12-. The highest BCUT2D eigenvalue weighted by atomic mass is 16.6. The number of rotatable bonds is 7. The number of imidazole rings is 1. The highest BCUT2D eigenvalue weighted by molar-refractivity contribution is 5.91. The fraction of sp³-hybridized carbons (Fsp3) is 0.154. The number of hydrogen-bond donors (Lipinski definition) is 0. The molecule has 0 N–H and O–H groups in total. The molecule has 0 aliphatic heterocycles. The highest BCUT2D eigenvalue weighted by Gasteiger charge is 2.23. The van der Waals surface area contributed by atoms with Gasteiger partial charge in [0.25, 0.3) is 0 Å². The Hall–Kier alpha value is -4.64. The van der Waals surface area contributed by atoms with Crippen LogP contribution in [-0.4, -0.2) is 21.6 Å². The van der Waals surface area contributed by atoms with Gasteiger partial charge in [-0.2, -0.15) is 5.26 Å². The lowest BCUT2D eigenvalue weighted by atomic mass is 10.1. The smallest absolute Gasteiger partial charge is 0.315 e. The van der Waals surface area contributed by atoms with E-state index in [4.69, 9.17) is 9.47 Å². The molecule has 0 bridgehead atoms. The van der Waals surface area contributed by atoms with Crippen LogP contribution in [0.1, 0.15) is 22.5 Å².